The van der Waals surface area contributed by atoms with Crippen LogP contribution >= 0.6 is 15.9 Å². The number of nitrogens with zero attached hydrogens (tertiary/aromatic N) is 1. The lowest BCUT2D eigenvalue weighted by Gasteiger charge is -2.10. The van der Waals surface area contributed by atoms with E-state index < -0.39 is 0 Å². The molecule has 1 aromatic heterocycles. The number of anilines is 1. The van der Waals surface area contributed by atoms with E-state index in [9.17, 15) is 5.11 Å². The van der Waals surface area contributed by atoms with E-state index in [0.717, 1.165) is 32.5 Å². The maximum Gasteiger partial charge on any atom is 0.121 e. The topological polar surface area (TPSA) is 45.1 Å². The van der Waals surface area contributed by atoms with E-state index in [4.69, 9.17) is 0 Å². The van der Waals surface area contributed by atoms with Crippen LogP contribution in [0.25, 0.3) is 0 Å². The van der Waals surface area contributed by atoms with Crippen molar-refractivity contribution in [2.75, 3.05) is 5.32 Å². The highest BCUT2D eigenvalue weighted by molar-refractivity contribution is 9.10. The smallest absolute Gasteiger partial charge is 0.121 e. The van der Waals surface area contributed by atoms with Crippen molar-refractivity contribution in [2.45, 2.75) is 27.3 Å². The standard InChI is InChI=1S/C15H17BrN2O/c1-9-4-12(5-10(2)14(9)19)7-17-13-6-11(3)15(16)18-8-13/h4-6,8,17,19H,7H2,1-3H3. The average molecular weight is 321 g/mol. The lowest BCUT2D eigenvalue weighted by atomic mass is 10.1. The quantitative estimate of drug-likeness (QED) is 0.837. The zero-order valence-electron chi connectivity index (χ0n) is 11.3. The van der Waals surface area contributed by atoms with Crippen molar-refractivity contribution in [3.63, 3.8) is 0 Å². The number of aryl methyl sites for hydroxylation is 3. The fourth-order valence-electron chi connectivity index (χ4n) is 2.01. The second kappa shape index (κ2) is 5.61. The van der Waals surface area contributed by atoms with Crippen LogP contribution in [0.3, 0.4) is 0 Å². The monoisotopic (exact) mass is 320 g/mol. The van der Waals surface area contributed by atoms with Crippen molar-refractivity contribution in [1.29, 1.82) is 0 Å². The molecule has 0 spiro atoms. The Bertz CT molecular complexity index is 588. The number of phenolic OH excluding ortho intramolecular Hbond substituents is 1. The summed E-state index contributed by atoms with van der Waals surface area (Å²) in [5.41, 5.74) is 5.05. The summed E-state index contributed by atoms with van der Waals surface area (Å²) in [7, 11) is 0. The molecule has 0 aliphatic rings. The number of halogens is 1. The number of hydrogen-bond donors (Lipinski definition) is 2. The molecule has 0 saturated heterocycles. The Labute approximate surface area is 121 Å². The van der Waals surface area contributed by atoms with Crippen molar-refractivity contribution in [3.8, 4) is 5.75 Å². The molecule has 0 fully saturated rings. The van der Waals surface area contributed by atoms with E-state index in [-0.39, 0.29) is 0 Å². The summed E-state index contributed by atoms with van der Waals surface area (Å²) in [5, 5.41) is 13.1. The Balaban J connectivity index is 2.12. The fraction of sp³-hybridized carbons (Fsp3) is 0.267. The molecule has 0 radical (unpaired) electrons. The first-order valence-corrected chi connectivity index (χ1v) is 6.92. The second-order valence-electron chi connectivity index (χ2n) is 4.76. The Morgan fingerprint density at radius 2 is 1.74 bits per heavy atom. The van der Waals surface area contributed by atoms with Gasteiger partial charge in [0.2, 0.25) is 0 Å². The van der Waals surface area contributed by atoms with Crippen molar-refractivity contribution in [1.82, 2.24) is 4.98 Å². The van der Waals surface area contributed by atoms with Crippen molar-refractivity contribution >= 4 is 21.6 Å². The Morgan fingerprint density at radius 3 is 2.32 bits per heavy atom. The lowest BCUT2D eigenvalue weighted by Crippen LogP contribution is -2.01. The molecule has 2 rings (SSSR count). The summed E-state index contributed by atoms with van der Waals surface area (Å²) in [5.74, 6) is 0.380. The van der Waals surface area contributed by atoms with Crippen LogP contribution in [-0.4, -0.2) is 10.1 Å². The summed E-state index contributed by atoms with van der Waals surface area (Å²) < 4.78 is 0.870. The third kappa shape index (κ3) is 3.26. The van der Waals surface area contributed by atoms with Gasteiger partial charge in [0, 0.05) is 6.54 Å². The maximum atomic E-state index is 9.75. The van der Waals surface area contributed by atoms with Crippen LogP contribution in [0.2, 0.25) is 0 Å². The zero-order chi connectivity index (χ0) is 14.0. The molecule has 2 aromatic rings. The summed E-state index contributed by atoms with van der Waals surface area (Å²) in [6.07, 6.45) is 1.80. The normalized spacial score (nSPS) is 10.5. The van der Waals surface area contributed by atoms with Gasteiger partial charge in [0.1, 0.15) is 10.4 Å². The van der Waals surface area contributed by atoms with Gasteiger partial charge in [0.15, 0.2) is 0 Å². The van der Waals surface area contributed by atoms with E-state index in [2.05, 4.69) is 32.3 Å². The van der Waals surface area contributed by atoms with Crippen molar-refractivity contribution in [3.05, 3.63) is 51.3 Å². The highest BCUT2D eigenvalue weighted by Gasteiger charge is 2.04. The largest absolute Gasteiger partial charge is 0.507 e. The van der Waals surface area contributed by atoms with Gasteiger partial charge in [0.05, 0.1) is 11.9 Å². The summed E-state index contributed by atoms with van der Waals surface area (Å²) >= 11 is 3.39. The van der Waals surface area contributed by atoms with Crippen molar-refractivity contribution < 1.29 is 5.11 Å². The number of hydrogen-bond acceptors (Lipinski definition) is 3. The zero-order valence-corrected chi connectivity index (χ0v) is 12.9. The number of rotatable bonds is 3. The first-order chi connectivity index (χ1) is 8.97. The van der Waals surface area contributed by atoms with Crippen LogP contribution in [0.4, 0.5) is 5.69 Å². The van der Waals surface area contributed by atoms with Gasteiger partial charge in [-0.1, -0.05) is 12.1 Å². The Hall–Kier alpha value is -1.55. The van der Waals surface area contributed by atoms with E-state index in [0.29, 0.717) is 12.3 Å². The molecule has 4 heteroatoms. The van der Waals surface area contributed by atoms with E-state index in [1.54, 1.807) is 6.20 Å². The third-order valence-electron chi connectivity index (χ3n) is 3.06. The van der Waals surface area contributed by atoms with Gasteiger partial charge >= 0.3 is 0 Å². The molecule has 0 atom stereocenters. The first-order valence-electron chi connectivity index (χ1n) is 6.12. The third-order valence-corrected chi connectivity index (χ3v) is 3.89. The number of nitrogens with one attached hydrogen (secondary N) is 1. The predicted molar refractivity (Wildman–Crippen MR) is 81.6 cm³/mol. The minimum absolute atomic E-state index is 0.380. The van der Waals surface area contributed by atoms with Gasteiger partial charge in [-0.15, -0.1) is 0 Å². The Kier molecular flexibility index (Phi) is 4.10. The van der Waals surface area contributed by atoms with Gasteiger partial charge in [-0.25, -0.2) is 4.98 Å². The number of aromatic hydroxyl groups is 1. The van der Waals surface area contributed by atoms with E-state index in [1.807, 2.05) is 32.9 Å². The van der Waals surface area contributed by atoms with Crippen LogP contribution < -0.4 is 5.32 Å². The van der Waals surface area contributed by atoms with Gasteiger partial charge in [0.25, 0.3) is 0 Å². The molecule has 19 heavy (non-hydrogen) atoms. The first kappa shape index (κ1) is 13.9. The minimum atomic E-state index is 0.380. The number of benzene rings is 1. The second-order valence-corrected chi connectivity index (χ2v) is 5.51. The highest BCUT2D eigenvalue weighted by atomic mass is 79.9. The van der Waals surface area contributed by atoms with Crippen LogP contribution in [0, 0.1) is 20.8 Å². The fourth-order valence-corrected chi connectivity index (χ4v) is 2.22. The molecular formula is C15H17BrN2O. The van der Waals surface area contributed by atoms with Gasteiger partial charge in [-0.2, -0.15) is 0 Å². The molecule has 1 heterocycles. The molecule has 0 aliphatic carbocycles. The highest BCUT2D eigenvalue weighted by Crippen LogP contribution is 2.23. The number of phenols is 1. The summed E-state index contributed by atoms with van der Waals surface area (Å²) in [6, 6.07) is 6.04. The average Bonchev–Trinajstić information content (AvgIpc) is 2.37. The molecule has 2 N–H and O–H groups in total. The summed E-state index contributed by atoms with van der Waals surface area (Å²) in [6.45, 7) is 6.55. The maximum absolute atomic E-state index is 9.75. The molecule has 0 bridgehead atoms. The molecular weight excluding hydrogens is 304 g/mol. The van der Waals surface area contributed by atoms with Gasteiger partial charge < -0.3 is 10.4 Å². The van der Waals surface area contributed by atoms with E-state index in [1.165, 1.54) is 0 Å². The van der Waals surface area contributed by atoms with Crippen molar-refractivity contribution in [2.24, 2.45) is 0 Å². The van der Waals surface area contributed by atoms with E-state index >= 15 is 0 Å². The molecule has 0 amide bonds. The molecule has 0 unspecified atom stereocenters. The van der Waals surface area contributed by atoms with Gasteiger partial charge in [-0.3, -0.25) is 0 Å². The Morgan fingerprint density at radius 1 is 1.11 bits per heavy atom. The SMILES string of the molecule is Cc1cc(NCc2cc(C)c(O)c(C)c2)cnc1Br. The molecule has 0 aliphatic heterocycles. The summed E-state index contributed by atoms with van der Waals surface area (Å²) in [4.78, 5) is 4.25. The van der Waals surface area contributed by atoms with Crippen LogP contribution in [0.15, 0.2) is 29.0 Å². The predicted octanol–water partition coefficient (Wildman–Crippen LogP) is 4.09. The molecule has 100 valence electrons. The van der Waals surface area contributed by atoms with Crippen LogP contribution in [-0.2, 0) is 6.54 Å². The minimum Gasteiger partial charge on any atom is -0.507 e. The van der Waals surface area contributed by atoms with Gasteiger partial charge in [-0.05, 0) is 65.0 Å². The van der Waals surface area contributed by atoms with Crippen LogP contribution in [0.1, 0.15) is 22.3 Å². The lowest BCUT2D eigenvalue weighted by molar-refractivity contribution is 0.466. The molecule has 0 saturated carbocycles. The molecule has 3 nitrogen and oxygen atoms in total. The number of pyridine rings is 1. The van der Waals surface area contributed by atoms with Crippen LogP contribution in [0.5, 0.6) is 5.75 Å². The number of aromatic nitrogens is 1. The molecule has 1 aromatic carbocycles.